The summed E-state index contributed by atoms with van der Waals surface area (Å²) in [4.78, 5) is 27.7. The molecule has 3 rings (SSSR count). The number of fused-ring (bicyclic) bond motifs is 1. The minimum absolute atomic E-state index is 0.0177. The van der Waals surface area contributed by atoms with Gasteiger partial charge in [0.2, 0.25) is 0 Å². The van der Waals surface area contributed by atoms with Gasteiger partial charge < -0.3 is 15.3 Å². The van der Waals surface area contributed by atoms with Crippen molar-refractivity contribution in [2.75, 3.05) is 19.6 Å². The van der Waals surface area contributed by atoms with E-state index in [1.807, 2.05) is 11.4 Å². The summed E-state index contributed by atoms with van der Waals surface area (Å²) in [5.41, 5.74) is -0.116. The van der Waals surface area contributed by atoms with Crippen LogP contribution in [0, 0.1) is 5.41 Å². The highest BCUT2D eigenvalue weighted by molar-refractivity contribution is 7.10. The van der Waals surface area contributed by atoms with Crippen LogP contribution >= 0.6 is 11.3 Å². The van der Waals surface area contributed by atoms with Gasteiger partial charge >= 0.3 is 5.97 Å². The van der Waals surface area contributed by atoms with Crippen molar-refractivity contribution < 1.29 is 14.7 Å². The van der Waals surface area contributed by atoms with E-state index in [0.717, 1.165) is 25.8 Å². The zero-order valence-corrected chi connectivity index (χ0v) is 14.3. The summed E-state index contributed by atoms with van der Waals surface area (Å²) in [7, 11) is 0. The van der Waals surface area contributed by atoms with Crippen LogP contribution in [0.4, 0.5) is 0 Å². The monoisotopic (exact) mass is 336 g/mol. The Hall–Kier alpha value is -1.40. The third kappa shape index (κ3) is 3.02. The van der Waals surface area contributed by atoms with Gasteiger partial charge in [0.05, 0.1) is 5.56 Å². The summed E-state index contributed by atoms with van der Waals surface area (Å²) >= 11 is 1.62. The Morgan fingerprint density at radius 3 is 3.09 bits per heavy atom. The average molecular weight is 336 g/mol. The molecule has 6 heteroatoms. The quantitative estimate of drug-likeness (QED) is 0.886. The van der Waals surface area contributed by atoms with Crippen LogP contribution in [0.5, 0.6) is 0 Å². The van der Waals surface area contributed by atoms with E-state index in [1.54, 1.807) is 16.2 Å². The Morgan fingerprint density at radius 2 is 2.35 bits per heavy atom. The number of thiophene rings is 1. The molecule has 2 fully saturated rings. The molecule has 3 heterocycles. The molecule has 2 aliphatic heterocycles. The average Bonchev–Trinajstić information content (AvgIpc) is 3.02. The van der Waals surface area contributed by atoms with E-state index < -0.39 is 11.4 Å². The fourth-order valence-corrected chi connectivity index (χ4v) is 4.84. The minimum Gasteiger partial charge on any atom is -0.481 e. The number of aryl methyl sites for hydroxylation is 1. The first kappa shape index (κ1) is 16.5. The molecule has 2 atom stereocenters. The molecular formula is C17H24N2O3S. The summed E-state index contributed by atoms with van der Waals surface area (Å²) in [6.07, 6.45) is 4.26. The van der Waals surface area contributed by atoms with E-state index in [-0.39, 0.29) is 11.9 Å². The van der Waals surface area contributed by atoms with Gasteiger partial charge in [-0.1, -0.05) is 13.3 Å². The largest absolute Gasteiger partial charge is 0.481 e. The van der Waals surface area contributed by atoms with Crippen LogP contribution in [-0.2, 0) is 11.2 Å². The van der Waals surface area contributed by atoms with Crippen LogP contribution in [0.2, 0.25) is 0 Å². The van der Waals surface area contributed by atoms with Crippen LogP contribution in [0.25, 0.3) is 0 Å². The summed E-state index contributed by atoms with van der Waals surface area (Å²) < 4.78 is 0. The number of nitrogens with zero attached hydrogens (tertiary/aromatic N) is 1. The normalized spacial score (nSPS) is 27.5. The highest BCUT2D eigenvalue weighted by atomic mass is 32.1. The molecule has 1 aromatic rings. The molecule has 0 aromatic carbocycles. The lowest BCUT2D eigenvalue weighted by molar-refractivity contribution is -0.156. The maximum absolute atomic E-state index is 12.8. The van der Waals surface area contributed by atoms with Gasteiger partial charge in [-0.15, -0.1) is 11.3 Å². The summed E-state index contributed by atoms with van der Waals surface area (Å²) in [6.45, 7) is 3.94. The number of likely N-dealkylation sites (tertiary alicyclic amines) is 1. The third-order valence-electron chi connectivity index (χ3n) is 5.13. The van der Waals surface area contributed by atoms with Gasteiger partial charge in [-0.05, 0) is 38.3 Å². The number of amides is 1. The molecule has 23 heavy (non-hydrogen) atoms. The second-order valence-corrected chi connectivity index (χ2v) is 7.63. The highest BCUT2D eigenvalue weighted by Crippen LogP contribution is 2.38. The molecule has 0 bridgehead atoms. The molecule has 126 valence electrons. The SMILES string of the molecule is CCCc1cc(C(=O)N2CC[C@H]3NCCC[C@]3(C(=O)O)C2)cs1. The molecule has 2 N–H and O–H groups in total. The Morgan fingerprint density at radius 1 is 1.52 bits per heavy atom. The van der Waals surface area contributed by atoms with Crippen molar-refractivity contribution in [3.63, 3.8) is 0 Å². The fraction of sp³-hybridized carbons (Fsp3) is 0.647. The van der Waals surface area contributed by atoms with Crippen molar-refractivity contribution in [2.45, 2.75) is 45.1 Å². The molecule has 2 aliphatic rings. The second kappa shape index (κ2) is 6.61. The molecule has 0 saturated carbocycles. The van der Waals surface area contributed by atoms with Crippen molar-refractivity contribution in [3.05, 3.63) is 21.9 Å². The highest BCUT2D eigenvalue weighted by Gasteiger charge is 2.51. The van der Waals surface area contributed by atoms with Gasteiger partial charge in [0.25, 0.3) is 5.91 Å². The summed E-state index contributed by atoms with van der Waals surface area (Å²) in [5, 5.41) is 15.0. The van der Waals surface area contributed by atoms with E-state index in [1.165, 1.54) is 4.88 Å². The van der Waals surface area contributed by atoms with Gasteiger partial charge in [0.1, 0.15) is 5.41 Å². The van der Waals surface area contributed by atoms with Crippen LogP contribution in [0.3, 0.4) is 0 Å². The van der Waals surface area contributed by atoms with Gasteiger partial charge in [-0.3, -0.25) is 9.59 Å². The molecule has 1 amide bonds. The third-order valence-corrected chi connectivity index (χ3v) is 6.12. The lowest BCUT2D eigenvalue weighted by Crippen LogP contribution is -2.63. The number of aliphatic carboxylic acids is 1. The van der Waals surface area contributed by atoms with E-state index >= 15 is 0 Å². The van der Waals surface area contributed by atoms with Crippen LogP contribution in [-0.4, -0.2) is 47.6 Å². The first-order valence-electron chi connectivity index (χ1n) is 8.40. The van der Waals surface area contributed by atoms with Gasteiger partial charge in [-0.25, -0.2) is 0 Å². The van der Waals surface area contributed by atoms with E-state index in [2.05, 4.69) is 12.2 Å². The first-order chi connectivity index (χ1) is 11.1. The Labute approximate surface area is 140 Å². The zero-order valence-electron chi connectivity index (χ0n) is 13.5. The lowest BCUT2D eigenvalue weighted by Gasteiger charge is -2.48. The smallest absolute Gasteiger partial charge is 0.313 e. The number of nitrogens with one attached hydrogen (secondary N) is 1. The predicted octanol–water partition coefficient (Wildman–Crippen LogP) is 2.37. The topological polar surface area (TPSA) is 69.6 Å². The number of carbonyl (C=O) groups is 2. The Balaban J connectivity index is 1.77. The van der Waals surface area contributed by atoms with Crippen LogP contribution < -0.4 is 5.32 Å². The zero-order chi connectivity index (χ0) is 16.4. The summed E-state index contributed by atoms with van der Waals surface area (Å²) in [6, 6.07) is 1.95. The van der Waals surface area contributed by atoms with Gasteiger partial charge in [0.15, 0.2) is 0 Å². The number of carboxylic acids is 1. The standard InChI is InChI=1S/C17H24N2O3S/c1-2-4-13-9-12(10-23-13)15(20)19-8-5-14-17(11-19,16(21)22)6-3-7-18-14/h9-10,14,18H,2-8,11H2,1H3,(H,21,22)/t14-,17+/m1/s1. The number of carbonyl (C=O) groups excluding carboxylic acids is 1. The van der Waals surface area contributed by atoms with Crippen molar-refractivity contribution >= 4 is 23.2 Å². The van der Waals surface area contributed by atoms with Crippen molar-refractivity contribution in [1.29, 1.82) is 0 Å². The van der Waals surface area contributed by atoms with Crippen LogP contribution in [0.1, 0.15) is 47.8 Å². The fourth-order valence-electron chi connectivity index (χ4n) is 3.87. The molecule has 5 nitrogen and oxygen atoms in total. The number of hydrogen-bond donors (Lipinski definition) is 2. The number of rotatable bonds is 4. The molecule has 0 unspecified atom stereocenters. The molecule has 0 radical (unpaired) electrons. The minimum atomic E-state index is -0.825. The van der Waals surface area contributed by atoms with Gasteiger partial charge in [0, 0.05) is 29.4 Å². The predicted molar refractivity (Wildman–Crippen MR) is 89.9 cm³/mol. The Bertz CT molecular complexity index is 600. The first-order valence-corrected chi connectivity index (χ1v) is 9.28. The molecule has 1 aromatic heterocycles. The van der Waals surface area contributed by atoms with Crippen molar-refractivity contribution in [2.24, 2.45) is 5.41 Å². The maximum Gasteiger partial charge on any atom is 0.313 e. The maximum atomic E-state index is 12.8. The lowest BCUT2D eigenvalue weighted by atomic mass is 9.70. The molecule has 0 spiro atoms. The number of carboxylic acid groups (broad SMARTS) is 1. The van der Waals surface area contributed by atoms with Crippen molar-refractivity contribution in [1.82, 2.24) is 10.2 Å². The molecule has 2 saturated heterocycles. The van der Waals surface area contributed by atoms with Crippen molar-refractivity contribution in [3.8, 4) is 0 Å². The molecular weight excluding hydrogens is 312 g/mol. The van der Waals surface area contributed by atoms with Crippen LogP contribution in [0.15, 0.2) is 11.4 Å². The number of hydrogen-bond acceptors (Lipinski definition) is 4. The number of piperidine rings is 2. The molecule has 0 aliphatic carbocycles. The second-order valence-electron chi connectivity index (χ2n) is 6.64. The summed E-state index contributed by atoms with van der Waals surface area (Å²) in [5.74, 6) is -0.794. The van der Waals surface area contributed by atoms with E-state index in [4.69, 9.17) is 0 Å². The Kier molecular flexibility index (Phi) is 4.73. The van der Waals surface area contributed by atoms with Gasteiger partial charge in [-0.2, -0.15) is 0 Å². The van der Waals surface area contributed by atoms with E-state index in [0.29, 0.717) is 31.5 Å². The van der Waals surface area contributed by atoms with E-state index in [9.17, 15) is 14.7 Å².